The highest BCUT2D eigenvalue weighted by Crippen LogP contribution is 2.43. The lowest BCUT2D eigenvalue weighted by atomic mass is 9.79. The first-order chi connectivity index (χ1) is 14.2. The van der Waals surface area contributed by atoms with Gasteiger partial charge in [-0.3, -0.25) is 4.79 Å². The van der Waals surface area contributed by atoms with Crippen LogP contribution in [-0.2, 0) is 0 Å². The van der Waals surface area contributed by atoms with E-state index in [1.54, 1.807) is 24.3 Å². The number of hydrogen-bond acceptors (Lipinski definition) is 4. The summed E-state index contributed by atoms with van der Waals surface area (Å²) in [6.45, 7) is 9.43. The third-order valence-electron chi connectivity index (χ3n) is 5.60. The lowest BCUT2D eigenvalue weighted by Crippen LogP contribution is -2.48. The number of fused-ring (bicyclic) bond motifs is 1. The van der Waals surface area contributed by atoms with E-state index in [0.29, 0.717) is 22.8 Å². The molecular weight excluding hydrogens is 449 g/mol. The van der Waals surface area contributed by atoms with Gasteiger partial charge in [-0.1, -0.05) is 22.9 Å². The van der Waals surface area contributed by atoms with Crippen molar-refractivity contribution in [2.24, 2.45) is 5.10 Å². The second kappa shape index (κ2) is 8.76. The Morgan fingerprint density at radius 2 is 2.13 bits per heavy atom. The lowest BCUT2D eigenvalue weighted by Gasteiger charge is -2.47. The number of halogens is 2. The normalized spacial score (nSPS) is 17.7. The maximum Gasteiger partial charge on any atom is 0.275 e. The van der Waals surface area contributed by atoms with Gasteiger partial charge in [0, 0.05) is 27.8 Å². The molecule has 0 fully saturated rings. The third kappa shape index (κ3) is 4.36. The maximum absolute atomic E-state index is 14.8. The van der Waals surface area contributed by atoms with Crippen LogP contribution in [0.4, 0.5) is 10.1 Å². The van der Waals surface area contributed by atoms with Crippen molar-refractivity contribution >= 4 is 33.7 Å². The fraction of sp³-hybridized carbons (Fsp3) is 0.391. The molecule has 1 aliphatic rings. The highest BCUT2D eigenvalue weighted by molar-refractivity contribution is 9.10. The molecule has 5 nitrogen and oxygen atoms in total. The van der Waals surface area contributed by atoms with Gasteiger partial charge in [0.1, 0.15) is 11.6 Å². The Morgan fingerprint density at radius 1 is 1.40 bits per heavy atom. The summed E-state index contributed by atoms with van der Waals surface area (Å²) in [5, 5.41) is 3.98. The number of hydrogen-bond donors (Lipinski definition) is 1. The Balaban J connectivity index is 1.85. The minimum atomic E-state index is -0.435. The number of rotatable bonds is 5. The van der Waals surface area contributed by atoms with Gasteiger partial charge >= 0.3 is 0 Å². The van der Waals surface area contributed by atoms with Crippen LogP contribution in [-0.4, -0.2) is 31.3 Å². The minimum Gasteiger partial charge on any atom is -0.496 e. The van der Waals surface area contributed by atoms with E-state index in [-0.39, 0.29) is 11.4 Å². The molecule has 0 radical (unpaired) electrons. The number of carbonyl (C=O) groups excluding carboxylic acids is 1. The fourth-order valence-corrected chi connectivity index (χ4v) is 4.66. The minimum absolute atomic E-state index is 0.0276. The smallest absolute Gasteiger partial charge is 0.275 e. The lowest BCUT2D eigenvalue weighted by molar-refractivity contribution is 0.0952. The van der Waals surface area contributed by atoms with Gasteiger partial charge in [-0.2, -0.15) is 5.10 Å². The average molecular weight is 476 g/mol. The van der Waals surface area contributed by atoms with Gasteiger partial charge in [0.05, 0.1) is 18.9 Å². The topological polar surface area (TPSA) is 53.9 Å². The summed E-state index contributed by atoms with van der Waals surface area (Å²) in [6, 6.07) is 8.53. The van der Waals surface area contributed by atoms with Crippen LogP contribution in [0.2, 0.25) is 0 Å². The van der Waals surface area contributed by atoms with Crippen LogP contribution in [0.3, 0.4) is 0 Å². The molecule has 0 bridgehead atoms. The summed E-state index contributed by atoms with van der Waals surface area (Å²) in [4.78, 5) is 14.7. The first-order valence-corrected chi connectivity index (χ1v) is 10.7. The van der Waals surface area contributed by atoms with Gasteiger partial charge in [0.2, 0.25) is 0 Å². The average Bonchev–Trinajstić information content (AvgIpc) is 2.68. The fourth-order valence-electron chi connectivity index (χ4n) is 4.30. The monoisotopic (exact) mass is 475 g/mol. The number of anilines is 1. The second-order valence-corrected chi connectivity index (χ2v) is 9.05. The van der Waals surface area contributed by atoms with Crippen molar-refractivity contribution in [1.29, 1.82) is 0 Å². The van der Waals surface area contributed by atoms with Crippen LogP contribution in [0.25, 0.3) is 0 Å². The number of methoxy groups -OCH3 is 1. The molecule has 1 heterocycles. The van der Waals surface area contributed by atoms with E-state index in [1.807, 2.05) is 6.07 Å². The number of benzene rings is 2. The van der Waals surface area contributed by atoms with E-state index in [9.17, 15) is 9.18 Å². The molecule has 2 aromatic carbocycles. The van der Waals surface area contributed by atoms with Crippen molar-refractivity contribution in [3.63, 3.8) is 0 Å². The first kappa shape index (κ1) is 22.3. The van der Waals surface area contributed by atoms with Gasteiger partial charge in [-0.15, -0.1) is 0 Å². The van der Waals surface area contributed by atoms with Gasteiger partial charge < -0.3 is 9.64 Å². The van der Waals surface area contributed by atoms with Crippen LogP contribution < -0.4 is 15.1 Å². The van der Waals surface area contributed by atoms with E-state index >= 15 is 0 Å². The molecule has 0 aromatic heterocycles. The van der Waals surface area contributed by atoms with E-state index < -0.39 is 5.91 Å². The number of nitrogens with one attached hydrogen (secondary N) is 1. The van der Waals surface area contributed by atoms with E-state index in [2.05, 4.69) is 59.1 Å². The van der Waals surface area contributed by atoms with Crippen LogP contribution in [0.5, 0.6) is 5.75 Å². The quantitative estimate of drug-likeness (QED) is 0.460. The van der Waals surface area contributed by atoms with E-state index in [1.165, 1.54) is 13.3 Å². The Labute approximate surface area is 185 Å². The van der Waals surface area contributed by atoms with Crippen LogP contribution in [0, 0.1) is 5.82 Å². The molecule has 0 aliphatic carbocycles. The van der Waals surface area contributed by atoms with Crippen molar-refractivity contribution in [3.8, 4) is 5.75 Å². The van der Waals surface area contributed by atoms with Crippen LogP contribution >= 0.6 is 15.9 Å². The Kier molecular flexibility index (Phi) is 6.50. The predicted molar refractivity (Wildman–Crippen MR) is 122 cm³/mol. The van der Waals surface area contributed by atoms with E-state index in [4.69, 9.17) is 4.74 Å². The van der Waals surface area contributed by atoms with Crippen LogP contribution in [0.15, 0.2) is 39.9 Å². The van der Waals surface area contributed by atoms with Crippen molar-refractivity contribution in [2.45, 2.75) is 45.6 Å². The molecule has 1 unspecified atom stereocenters. The highest BCUT2D eigenvalue weighted by Gasteiger charge is 2.36. The summed E-state index contributed by atoms with van der Waals surface area (Å²) >= 11 is 3.34. The highest BCUT2D eigenvalue weighted by atomic mass is 79.9. The number of carbonyl (C=O) groups is 1. The van der Waals surface area contributed by atoms with Crippen molar-refractivity contribution in [3.05, 3.63) is 57.3 Å². The third-order valence-corrected chi connectivity index (χ3v) is 6.09. The molecule has 160 valence electrons. The van der Waals surface area contributed by atoms with Gasteiger partial charge in [0.25, 0.3) is 5.91 Å². The molecule has 1 amide bonds. The summed E-state index contributed by atoms with van der Waals surface area (Å²) in [5.74, 6) is -0.0711. The summed E-state index contributed by atoms with van der Waals surface area (Å²) in [6.07, 6.45) is 2.33. The van der Waals surface area contributed by atoms with Gasteiger partial charge in [-0.25, -0.2) is 9.82 Å². The summed E-state index contributed by atoms with van der Waals surface area (Å²) < 4.78 is 20.8. The van der Waals surface area contributed by atoms with Crippen molar-refractivity contribution in [1.82, 2.24) is 5.43 Å². The largest absolute Gasteiger partial charge is 0.496 e. The standard InChI is InChI=1S/C23H27BrFN3O2/c1-6-28-20-11-19(25)15(9-17(20)14(2)12-23(28,3)4)13-26-27-22(29)18-10-16(24)7-8-21(18)30-5/h7-11,13-14H,6,12H2,1-5H3,(H,27,29)/b26-13-. The predicted octanol–water partition coefficient (Wildman–Crippen LogP) is 5.47. The molecule has 0 spiro atoms. The van der Waals surface area contributed by atoms with Gasteiger partial charge in [-0.05, 0) is 69.0 Å². The van der Waals surface area contributed by atoms with Gasteiger partial charge in [0.15, 0.2) is 0 Å². The zero-order valence-electron chi connectivity index (χ0n) is 17.9. The maximum atomic E-state index is 14.8. The Bertz CT molecular complexity index is 991. The molecule has 0 saturated carbocycles. The van der Waals surface area contributed by atoms with E-state index in [0.717, 1.165) is 28.7 Å². The molecule has 3 rings (SSSR count). The number of nitrogens with zero attached hydrogens (tertiary/aromatic N) is 2. The Morgan fingerprint density at radius 3 is 2.80 bits per heavy atom. The SMILES string of the molecule is CCN1c2cc(F)c(/C=N\NC(=O)c3cc(Br)ccc3OC)cc2C(C)CC1(C)C. The van der Waals surface area contributed by atoms with Crippen molar-refractivity contribution < 1.29 is 13.9 Å². The second-order valence-electron chi connectivity index (χ2n) is 8.14. The van der Waals surface area contributed by atoms with Crippen molar-refractivity contribution in [2.75, 3.05) is 18.6 Å². The summed E-state index contributed by atoms with van der Waals surface area (Å²) in [5.41, 5.74) is 5.13. The zero-order chi connectivity index (χ0) is 22.1. The molecule has 2 aromatic rings. The number of ether oxygens (including phenoxy) is 1. The van der Waals surface area contributed by atoms with Crippen LogP contribution in [0.1, 0.15) is 61.5 Å². The molecule has 1 N–H and O–H groups in total. The molecular formula is C23H27BrFN3O2. The molecule has 1 aliphatic heterocycles. The molecule has 0 saturated heterocycles. The molecule has 30 heavy (non-hydrogen) atoms. The Hall–Kier alpha value is -2.41. The first-order valence-electron chi connectivity index (χ1n) is 9.96. The zero-order valence-corrected chi connectivity index (χ0v) is 19.5. The molecule has 7 heteroatoms. The molecule has 1 atom stereocenters. The summed E-state index contributed by atoms with van der Waals surface area (Å²) in [7, 11) is 1.49. The number of amides is 1. The number of hydrazone groups is 1.